The lowest BCUT2D eigenvalue weighted by atomic mass is 10.0. The van der Waals surface area contributed by atoms with Crippen LogP contribution in [0.1, 0.15) is 18.9 Å². The maximum absolute atomic E-state index is 5.79. The normalized spacial score (nSPS) is 13.3. The Morgan fingerprint density at radius 3 is 2.91 bits per heavy atom. The quantitative estimate of drug-likeness (QED) is 0.634. The van der Waals surface area contributed by atoms with Crippen LogP contribution in [-0.4, -0.2) is 5.88 Å². The van der Waals surface area contributed by atoms with Gasteiger partial charge in [-0.1, -0.05) is 13.3 Å². The Balaban J connectivity index is 2.41. The molecule has 0 spiro atoms. The number of hydrogen-bond donors (Lipinski definition) is 0. The summed E-state index contributed by atoms with van der Waals surface area (Å²) in [5.41, 5.74) is 1.43. The van der Waals surface area contributed by atoms with E-state index in [2.05, 4.69) is 23.8 Å². The SMILES string of the molecule is CCC(CCl)Cc1ccsc1. The Bertz CT molecular complexity index is 177. The summed E-state index contributed by atoms with van der Waals surface area (Å²) in [4.78, 5) is 0. The molecule has 0 aliphatic carbocycles. The van der Waals surface area contributed by atoms with Gasteiger partial charge in [-0.2, -0.15) is 11.3 Å². The van der Waals surface area contributed by atoms with Crippen LogP contribution < -0.4 is 0 Å². The summed E-state index contributed by atoms with van der Waals surface area (Å²) in [7, 11) is 0. The summed E-state index contributed by atoms with van der Waals surface area (Å²) in [5.74, 6) is 1.44. The molecule has 0 saturated carbocycles. The van der Waals surface area contributed by atoms with Gasteiger partial charge in [-0.15, -0.1) is 11.6 Å². The fourth-order valence-corrected chi connectivity index (χ4v) is 2.06. The third kappa shape index (κ3) is 2.84. The van der Waals surface area contributed by atoms with Gasteiger partial charge in [-0.3, -0.25) is 0 Å². The summed E-state index contributed by atoms with van der Waals surface area (Å²) in [5, 5.41) is 4.32. The van der Waals surface area contributed by atoms with Gasteiger partial charge in [-0.05, 0) is 34.7 Å². The first kappa shape index (κ1) is 9.08. The largest absolute Gasteiger partial charge is 0.152 e. The van der Waals surface area contributed by atoms with Crippen molar-refractivity contribution in [3.8, 4) is 0 Å². The first-order valence-electron chi connectivity index (χ1n) is 3.93. The summed E-state index contributed by atoms with van der Waals surface area (Å²) in [6.07, 6.45) is 2.32. The van der Waals surface area contributed by atoms with Crippen molar-refractivity contribution in [2.45, 2.75) is 19.8 Å². The number of thiophene rings is 1. The van der Waals surface area contributed by atoms with E-state index in [1.165, 1.54) is 12.0 Å². The average molecular weight is 189 g/mol. The highest BCUT2D eigenvalue weighted by Crippen LogP contribution is 2.15. The molecule has 1 heterocycles. The van der Waals surface area contributed by atoms with Crippen LogP contribution >= 0.6 is 22.9 Å². The second kappa shape index (κ2) is 4.78. The van der Waals surface area contributed by atoms with Crippen molar-refractivity contribution >= 4 is 22.9 Å². The van der Waals surface area contributed by atoms with E-state index in [0.29, 0.717) is 5.92 Å². The Morgan fingerprint density at radius 2 is 2.45 bits per heavy atom. The molecule has 0 nitrogen and oxygen atoms in total. The Hall–Kier alpha value is -0.0100. The highest BCUT2D eigenvalue weighted by molar-refractivity contribution is 7.07. The van der Waals surface area contributed by atoms with Crippen molar-refractivity contribution in [2.75, 3.05) is 5.88 Å². The zero-order chi connectivity index (χ0) is 8.10. The number of alkyl halides is 1. The second-order valence-corrected chi connectivity index (χ2v) is 3.85. The lowest BCUT2D eigenvalue weighted by Gasteiger charge is -2.08. The van der Waals surface area contributed by atoms with E-state index in [1.54, 1.807) is 11.3 Å². The molecule has 0 aromatic carbocycles. The van der Waals surface area contributed by atoms with E-state index in [0.717, 1.165) is 12.3 Å². The molecule has 0 bridgehead atoms. The van der Waals surface area contributed by atoms with Gasteiger partial charge >= 0.3 is 0 Å². The van der Waals surface area contributed by atoms with Gasteiger partial charge in [0, 0.05) is 5.88 Å². The molecule has 0 saturated heterocycles. The third-order valence-electron chi connectivity index (χ3n) is 1.90. The molecule has 1 atom stereocenters. The molecular weight excluding hydrogens is 176 g/mol. The fourth-order valence-electron chi connectivity index (χ4n) is 1.05. The van der Waals surface area contributed by atoms with Gasteiger partial charge in [0.05, 0.1) is 0 Å². The minimum absolute atomic E-state index is 0.659. The minimum atomic E-state index is 0.659. The van der Waals surface area contributed by atoms with Crippen LogP contribution in [0.5, 0.6) is 0 Å². The van der Waals surface area contributed by atoms with Gasteiger partial charge < -0.3 is 0 Å². The molecule has 0 fully saturated rings. The topological polar surface area (TPSA) is 0 Å². The highest BCUT2D eigenvalue weighted by Gasteiger charge is 2.05. The van der Waals surface area contributed by atoms with Crippen LogP contribution in [-0.2, 0) is 6.42 Å². The zero-order valence-corrected chi connectivity index (χ0v) is 8.29. The fraction of sp³-hybridized carbons (Fsp3) is 0.556. The smallest absolute Gasteiger partial charge is 0.0254 e. The van der Waals surface area contributed by atoms with E-state index in [-0.39, 0.29) is 0 Å². The van der Waals surface area contributed by atoms with E-state index in [4.69, 9.17) is 11.6 Å². The van der Waals surface area contributed by atoms with Crippen molar-refractivity contribution in [1.29, 1.82) is 0 Å². The first-order chi connectivity index (χ1) is 5.36. The van der Waals surface area contributed by atoms with Gasteiger partial charge in [0.15, 0.2) is 0 Å². The molecule has 0 radical (unpaired) electrons. The summed E-state index contributed by atoms with van der Waals surface area (Å²) >= 11 is 7.55. The monoisotopic (exact) mass is 188 g/mol. The molecule has 1 aromatic heterocycles. The number of rotatable bonds is 4. The van der Waals surface area contributed by atoms with Crippen molar-refractivity contribution < 1.29 is 0 Å². The average Bonchev–Trinajstić information content (AvgIpc) is 2.52. The molecule has 0 N–H and O–H groups in total. The Labute approximate surface area is 77.2 Å². The Kier molecular flexibility index (Phi) is 3.95. The maximum Gasteiger partial charge on any atom is 0.0254 e. The molecule has 0 aliphatic rings. The third-order valence-corrected chi connectivity index (χ3v) is 3.07. The number of halogens is 1. The molecular formula is C9H13ClS. The van der Waals surface area contributed by atoms with Crippen molar-refractivity contribution in [3.05, 3.63) is 22.4 Å². The molecule has 1 aromatic rings. The van der Waals surface area contributed by atoms with E-state index in [1.807, 2.05) is 0 Å². The van der Waals surface area contributed by atoms with Crippen molar-refractivity contribution in [3.63, 3.8) is 0 Å². The molecule has 2 heteroatoms. The van der Waals surface area contributed by atoms with Crippen LogP contribution in [0.3, 0.4) is 0 Å². The van der Waals surface area contributed by atoms with Crippen LogP contribution in [0.4, 0.5) is 0 Å². The molecule has 0 aliphatic heterocycles. The van der Waals surface area contributed by atoms with Gasteiger partial charge in [-0.25, -0.2) is 0 Å². The maximum atomic E-state index is 5.79. The Morgan fingerprint density at radius 1 is 1.64 bits per heavy atom. The van der Waals surface area contributed by atoms with E-state index >= 15 is 0 Å². The highest BCUT2D eigenvalue weighted by atomic mass is 35.5. The van der Waals surface area contributed by atoms with Gasteiger partial charge in [0.25, 0.3) is 0 Å². The summed E-state index contributed by atoms with van der Waals surface area (Å²) in [6, 6.07) is 2.18. The molecule has 62 valence electrons. The second-order valence-electron chi connectivity index (χ2n) is 2.76. The van der Waals surface area contributed by atoms with E-state index in [9.17, 15) is 0 Å². The molecule has 1 rings (SSSR count). The zero-order valence-electron chi connectivity index (χ0n) is 6.72. The summed E-state index contributed by atoms with van der Waals surface area (Å²) in [6.45, 7) is 2.19. The standard InChI is InChI=1S/C9H13ClS/c1-2-8(6-10)5-9-3-4-11-7-9/h3-4,7-8H,2,5-6H2,1H3. The van der Waals surface area contributed by atoms with Crippen LogP contribution in [0, 0.1) is 5.92 Å². The lowest BCUT2D eigenvalue weighted by molar-refractivity contribution is 0.567. The molecule has 0 amide bonds. The molecule has 11 heavy (non-hydrogen) atoms. The summed E-state index contributed by atoms with van der Waals surface area (Å²) < 4.78 is 0. The van der Waals surface area contributed by atoms with Gasteiger partial charge in [0.2, 0.25) is 0 Å². The van der Waals surface area contributed by atoms with Crippen LogP contribution in [0.2, 0.25) is 0 Å². The van der Waals surface area contributed by atoms with E-state index < -0.39 is 0 Å². The van der Waals surface area contributed by atoms with Crippen LogP contribution in [0.15, 0.2) is 16.8 Å². The lowest BCUT2D eigenvalue weighted by Crippen LogP contribution is -2.03. The predicted molar refractivity (Wildman–Crippen MR) is 52.5 cm³/mol. The molecule has 1 unspecified atom stereocenters. The van der Waals surface area contributed by atoms with Crippen molar-refractivity contribution in [1.82, 2.24) is 0 Å². The predicted octanol–water partition coefficient (Wildman–Crippen LogP) is 3.56. The first-order valence-corrected chi connectivity index (χ1v) is 5.41. The van der Waals surface area contributed by atoms with Crippen LogP contribution in [0.25, 0.3) is 0 Å². The van der Waals surface area contributed by atoms with Crippen molar-refractivity contribution in [2.24, 2.45) is 5.92 Å². The number of hydrogen-bond acceptors (Lipinski definition) is 1. The van der Waals surface area contributed by atoms with Gasteiger partial charge in [0.1, 0.15) is 0 Å². The minimum Gasteiger partial charge on any atom is -0.152 e.